The van der Waals surface area contributed by atoms with E-state index in [2.05, 4.69) is 25.7 Å². The molecule has 0 aliphatic carbocycles. The Morgan fingerprint density at radius 1 is 1.29 bits per heavy atom. The van der Waals surface area contributed by atoms with Crippen LogP contribution in [0.15, 0.2) is 34.2 Å². The minimum atomic E-state index is -0.362. The van der Waals surface area contributed by atoms with E-state index in [1.165, 1.54) is 0 Å². The molecule has 128 valence electrons. The van der Waals surface area contributed by atoms with Crippen LogP contribution in [-0.4, -0.2) is 27.5 Å². The van der Waals surface area contributed by atoms with Crippen molar-refractivity contribution in [1.82, 2.24) is 15.2 Å². The van der Waals surface area contributed by atoms with Crippen LogP contribution >= 0.6 is 0 Å². The lowest BCUT2D eigenvalue weighted by molar-refractivity contribution is 0.242. The Morgan fingerprint density at radius 2 is 2.04 bits per heavy atom. The average Bonchev–Trinajstić information content (AvgIpc) is 2.45. The summed E-state index contributed by atoms with van der Waals surface area (Å²) in [7, 11) is 0. The summed E-state index contributed by atoms with van der Waals surface area (Å²) in [5, 5.41) is 12.0. The van der Waals surface area contributed by atoms with Gasteiger partial charge in [-0.25, -0.2) is 5.43 Å². The Bertz CT molecular complexity index is 775. The molecule has 0 aliphatic heterocycles. The van der Waals surface area contributed by atoms with Gasteiger partial charge in [0.2, 0.25) is 5.95 Å². The van der Waals surface area contributed by atoms with Gasteiger partial charge in [-0.15, -0.1) is 10.2 Å². The summed E-state index contributed by atoms with van der Waals surface area (Å²) < 4.78 is 5.63. The molecule has 0 spiro atoms. The Balaban J connectivity index is 2.07. The molecule has 0 saturated carbocycles. The van der Waals surface area contributed by atoms with Crippen molar-refractivity contribution >= 4 is 12.2 Å². The van der Waals surface area contributed by atoms with Crippen molar-refractivity contribution in [2.75, 3.05) is 5.43 Å². The SMILES string of the molecule is CC(C)Oc1cccc(/C=N/Nc2nnc(C(C)(C)C)c(=O)[nH]2)c1. The molecule has 2 rings (SSSR count). The fourth-order valence-corrected chi connectivity index (χ4v) is 1.99. The van der Waals surface area contributed by atoms with Gasteiger partial charge in [-0.2, -0.15) is 5.10 Å². The summed E-state index contributed by atoms with van der Waals surface area (Å²) in [5.41, 5.74) is 3.28. The van der Waals surface area contributed by atoms with E-state index in [9.17, 15) is 4.79 Å². The van der Waals surface area contributed by atoms with Crippen LogP contribution < -0.4 is 15.7 Å². The second-order valence-electron chi connectivity index (χ2n) is 6.71. The third-order valence-electron chi connectivity index (χ3n) is 3.02. The number of benzene rings is 1. The van der Waals surface area contributed by atoms with Crippen molar-refractivity contribution in [2.45, 2.75) is 46.1 Å². The minimum Gasteiger partial charge on any atom is -0.491 e. The molecule has 7 nitrogen and oxygen atoms in total. The zero-order valence-corrected chi connectivity index (χ0v) is 14.6. The second-order valence-corrected chi connectivity index (χ2v) is 6.71. The van der Waals surface area contributed by atoms with Crippen molar-refractivity contribution < 1.29 is 4.74 Å². The number of H-pyrrole nitrogens is 1. The van der Waals surface area contributed by atoms with Gasteiger partial charge >= 0.3 is 0 Å². The number of nitrogens with zero attached hydrogens (tertiary/aromatic N) is 3. The summed E-state index contributed by atoms with van der Waals surface area (Å²) in [5.74, 6) is 0.968. The van der Waals surface area contributed by atoms with Crippen LogP contribution in [0.3, 0.4) is 0 Å². The highest BCUT2D eigenvalue weighted by Gasteiger charge is 2.20. The molecule has 1 aromatic heterocycles. The van der Waals surface area contributed by atoms with E-state index >= 15 is 0 Å². The quantitative estimate of drug-likeness (QED) is 0.650. The normalized spacial score (nSPS) is 11.9. The van der Waals surface area contributed by atoms with Crippen LogP contribution in [0.2, 0.25) is 0 Å². The monoisotopic (exact) mass is 329 g/mol. The van der Waals surface area contributed by atoms with Crippen molar-refractivity contribution in [3.8, 4) is 5.75 Å². The fourth-order valence-electron chi connectivity index (χ4n) is 1.99. The standard InChI is InChI=1S/C17H23N5O2/c1-11(2)24-13-8-6-7-12(9-13)10-18-21-16-19-15(23)14(20-22-16)17(3,4)5/h6-11H,1-5H3,(H2,19,21,22,23)/b18-10+. The molecule has 0 saturated heterocycles. The maximum atomic E-state index is 12.0. The molecular formula is C17H23N5O2. The van der Waals surface area contributed by atoms with E-state index in [1.807, 2.05) is 58.9 Å². The number of nitrogens with one attached hydrogen (secondary N) is 2. The molecule has 0 radical (unpaired) electrons. The molecule has 24 heavy (non-hydrogen) atoms. The second kappa shape index (κ2) is 7.25. The number of aromatic nitrogens is 3. The first-order valence-electron chi connectivity index (χ1n) is 7.79. The van der Waals surface area contributed by atoms with Gasteiger partial charge in [-0.3, -0.25) is 9.78 Å². The van der Waals surface area contributed by atoms with Gasteiger partial charge in [0.25, 0.3) is 5.56 Å². The fraction of sp³-hybridized carbons (Fsp3) is 0.412. The van der Waals surface area contributed by atoms with Crippen molar-refractivity contribution in [1.29, 1.82) is 0 Å². The smallest absolute Gasteiger partial charge is 0.274 e. The molecule has 1 aromatic carbocycles. The van der Waals surface area contributed by atoms with Crippen LogP contribution in [-0.2, 0) is 5.41 Å². The van der Waals surface area contributed by atoms with Crippen molar-refractivity contribution in [3.63, 3.8) is 0 Å². The summed E-state index contributed by atoms with van der Waals surface area (Å²) in [6.45, 7) is 9.66. The van der Waals surface area contributed by atoms with Crippen molar-refractivity contribution in [2.24, 2.45) is 5.10 Å². The van der Waals surface area contributed by atoms with Gasteiger partial charge in [0, 0.05) is 5.41 Å². The predicted molar refractivity (Wildman–Crippen MR) is 94.8 cm³/mol. The molecule has 1 heterocycles. The van der Waals surface area contributed by atoms with E-state index in [4.69, 9.17) is 4.74 Å². The molecule has 7 heteroatoms. The maximum absolute atomic E-state index is 12.0. The highest BCUT2D eigenvalue weighted by atomic mass is 16.5. The number of aromatic amines is 1. The van der Waals surface area contributed by atoms with Crippen LogP contribution in [0.4, 0.5) is 5.95 Å². The number of hydrogen-bond acceptors (Lipinski definition) is 6. The zero-order valence-electron chi connectivity index (χ0n) is 14.6. The van der Waals surface area contributed by atoms with Gasteiger partial charge in [0.1, 0.15) is 11.4 Å². The molecule has 0 amide bonds. The Labute approximate surface area is 141 Å². The predicted octanol–water partition coefficient (Wildman–Crippen LogP) is 2.70. The van der Waals surface area contributed by atoms with Crippen molar-refractivity contribution in [3.05, 3.63) is 45.9 Å². The number of hydrogen-bond donors (Lipinski definition) is 2. The molecule has 0 aliphatic rings. The Hall–Kier alpha value is -2.70. The van der Waals surface area contributed by atoms with E-state index in [0.29, 0.717) is 5.69 Å². The Morgan fingerprint density at radius 3 is 2.67 bits per heavy atom. The van der Waals surface area contributed by atoms with Gasteiger partial charge in [0.05, 0.1) is 12.3 Å². The van der Waals surface area contributed by atoms with Crippen LogP contribution in [0.1, 0.15) is 45.9 Å². The number of rotatable bonds is 5. The average molecular weight is 329 g/mol. The molecular weight excluding hydrogens is 306 g/mol. The largest absolute Gasteiger partial charge is 0.491 e. The van der Waals surface area contributed by atoms with E-state index < -0.39 is 0 Å². The number of hydrazone groups is 1. The van der Waals surface area contributed by atoms with Gasteiger partial charge in [-0.05, 0) is 31.5 Å². The van der Waals surface area contributed by atoms with E-state index in [1.54, 1.807) is 6.21 Å². The molecule has 0 atom stereocenters. The van der Waals surface area contributed by atoms with Crippen LogP contribution in [0, 0.1) is 0 Å². The first-order chi connectivity index (χ1) is 11.3. The zero-order chi connectivity index (χ0) is 17.7. The lowest BCUT2D eigenvalue weighted by Gasteiger charge is -2.15. The first kappa shape index (κ1) is 17.7. The molecule has 0 bridgehead atoms. The lowest BCUT2D eigenvalue weighted by Crippen LogP contribution is -2.28. The van der Waals surface area contributed by atoms with Crippen LogP contribution in [0.5, 0.6) is 5.75 Å². The maximum Gasteiger partial charge on any atom is 0.274 e. The Kier molecular flexibility index (Phi) is 5.33. The minimum absolute atomic E-state index is 0.108. The summed E-state index contributed by atoms with van der Waals surface area (Å²) >= 11 is 0. The van der Waals surface area contributed by atoms with Crippen LogP contribution in [0.25, 0.3) is 0 Å². The third-order valence-corrected chi connectivity index (χ3v) is 3.02. The van der Waals surface area contributed by atoms with Gasteiger partial charge in [-0.1, -0.05) is 32.9 Å². The third kappa shape index (κ3) is 4.91. The van der Waals surface area contributed by atoms with E-state index in [0.717, 1.165) is 11.3 Å². The van der Waals surface area contributed by atoms with Gasteiger partial charge < -0.3 is 4.74 Å². The lowest BCUT2D eigenvalue weighted by atomic mass is 9.93. The first-order valence-corrected chi connectivity index (χ1v) is 7.79. The molecule has 2 N–H and O–H groups in total. The molecule has 2 aromatic rings. The summed E-state index contributed by atoms with van der Waals surface area (Å²) in [4.78, 5) is 14.6. The number of anilines is 1. The summed E-state index contributed by atoms with van der Waals surface area (Å²) in [6, 6.07) is 7.55. The topological polar surface area (TPSA) is 92.3 Å². The number of ether oxygens (including phenoxy) is 1. The van der Waals surface area contributed by atoms with Gasteiger partial charge in [0.15, 0.2) is 0 Å². The molecule has 0 unspecified atom stereocenters. The van der Waals surface area contributed by atoms with E-state index in [-0.39, 0.29) is 23.0 Å². The molecule has 0 fully saturated rings. The highest BCUT2D eigenvalue weighted by Crippen LogP contribution is 2.15. The summed E-state index contributed by atoms with van der Waals surface area (Å²) in [6.07, 6.45) is 1.72. The highest BCUT2D eigenvalue weighted by molar-refractivity contribution is 5.80.